The smallest absolute Gasteiger partial charge is 0.143 e. The van der Waals surface area contributed by atoms with Gasteiger partial charge in [0.05, 0.1) is 9.26 Å². The van der Waals surface area contributed by atoms with Crippen LogP contribution in [0.1, 0.15) is 75.2 Å². The fourth-order valence-corrected chi connectivity index (χ4v) is 4.24. The maximum atomic E-state index is 4.96. The summed E-state index contributed by atoms with van der Waals surface area (Å²) in [4.78, 5) is 9.77. The van der Waals surface area contributed by atoms with Crippen LogP contribution in [-0.4, -0.2) is 17.0 Å². The fraction of sp³-hybridized carbons (Fsp3) is 0.750. The van der Waals surface area contributed by atoms with E-state index >= 15 is 0 Å². The Morgan fingerprint density at radius 2 is 1.70 bits per heavy atom. The van der Waals surface area contributed by atoms with Crippen molar-refractivity contribution in [3.63, 3.8) is 0 Å². The van der Waals surface area contributed by atoms with Crippen molar-refractivity contribution in [1.82, 2.24) is 9.97 Å². The van der Waals surface area contributed by atoms with Crippen LogP contribution >= 0.6 is 22.6 Å². The molecule has 3 rings (SSSR count). The summed E-state index contributed by atoms with van der Waals surface area (Å²) in [7, 11) is 1.97. The summed E-state index contributed by atoms with van der Waals surface area (Å²) in [6, 6.07) is 0. The van der Waals surface area contributed by atoms with Gasteiger partial charge in [0.2, 0.25) is 0 Å². The average Bonchev–Trinajstić information content (AvgIpc) is 3.32. The van der Waals surface area contributed by atoms with Crippen molar-refractivity contribution in [2.24, 2.45) is 5.92 Å². The van der Waals surface area contributed by atoms with Gasteiger partial charge in [0, 0.05) is 18.9 Å². The molecule has 1 aromatic heterocycles. The number of rotatable bonds is 4. The number of halogens is 1. The zero-order chi connectivity index (χ0) is 14.1. The summed E-state index contributed by atoms with van der Waals surface area (Å²) in [5, 5.41) is 3.26. The van der Waals surface area contributed by atoms with Crippen molar-refractivity contribution in [2.75, 3.05) is 12.4 Å². The van der Waals surface area contributed by atoms with Gasteiger partial charge in [-0.05, 0) is 67.0 Å². The fourth-order valence-electron chi connectivity index (χ4n) is 3.29. The molecule has 2 saturated carbocycles. The Bertz CT molecular complexity index is 477. The van der Waals surface area contributed by atoms with Crippen LogP contribution in [0.2, 0.25) is 0 Å². The number of hydrogen-bond acceptors (Lipinski definition) is 3. The molecule has 1 heterocycles. The van der Waals surface area contributed by atoms with Gasteiger partial charge in [0.15, 0.2) is 0 Å². The summed E-state index contributed by atoms with van der Waals surface area (Å²) >= 11 is 2.41. The average molecular weight is 385 g/mol. The van der Waals surface area contributed by atoms with E-state index < -0.39 is 0 Å². The van der Waals surface area contributed by atoms with E-state index in [1.165, 1.54) is 54.2 Å². The van der Waals surface area contributed by atoms with Gasteiger partial charge in [-0.2, -0.15) is 0 Å². The molecule has 0 radical (unpaired) electrons. The summed E-state index contributed by atoms with van der Waals surface area (Å²) in [5.41, 5.74) is 1.30. The molecule has 4 heteroatoms. The third-order valence-electron chi connectivity index (χ3n) is 4.88. The Hall–Kier alpha value is -0.390. The van der Waals surface area contributed by atoms with Crippen molar-refractivity contribution in [2.45, 2.75) is 63.7 Å². The number of hydrogen-bond donors (Lipinski definition) is 1. The molecular weight excluding hydrogens is 361 g/mol. The monoisotopic (exact) mass is 385 g/mol. The highest BCUT2D eigenvalue weighted by Crippen LogP contribution is 2.43. The lowest BCUT2D eigenvalue weighted by Crippen LogP contribution is -2.17. The Labute approximate surface area is 135 Å². The summed E-state index contributed by atoms with van der Waals surface area (Å²) in [6.45, 7) is 2.32. The van der Waals surface area contributed by atoms with Crippen molar-refractivity contribution in [1.29, 1.82) is 0 Å². The van der Waals surface area contributed by atoms with Gasteiger partial charge in [0.1, 0.15) is 11.6 Å². The molecule has 1 N–H and O–H groups in total. The van der Waals surface area contributed by atoms with Crippen molar-refractivity contribution >= 4 is 28.4 Å². The van der Waals surface area contributed by atoms with E-state index in [9.17, 15) is 0 Å². The Morgan fingerprint density at radius 3 is 2.25 bits per heavy atom. The van der Waals surface area contributed by atoms with Gasteiger partial charge in [-0.15, -0.1) is 0 Å². The van der Waals surface area contributed by atoms with Crippen molar-refractivity contribution in [3.8, 4) is 0 Å². The molecule has 20 heavy (non-hydrogen) atoms. The van der Waals surface area contributed by atoms with E-state index in [1.807, 2.05) is 7.05 Å². The van der Waals surface area contributed by atoms with E-state index in [4.69, 9.17) is 9.97 Å². The third kappa shape index (κ3) is 2.95. The second-order valence-corrected chi connectivity index (χ2v) is 7.36. The molecule has 0 unspecified atom stereocenters. The standard InChI is InChI=1S/C16H24IN3/c1-3-10-4-6-12(7-5-10)15-19-14(11-8-9-11)13(17)16(18-2)20-15/h10-12H,3-9H2,1-2H3,(H,18,19,20). The summed E-state index contributed by atoms with van der Waals surface area (Å²) < 4.78 is 1.23. The highest BCUT2D eigenvalue weighted by Gasteiger charge is 2.31. The molecule has 0 aromatic carbocycles. The van der Waals surface area contributed by atoms with Crippen molar-refractivity contribution in [3.05, 3.63) is 15.1 Å². The molecule has 2 fully saturated rings. The molecule has 0 saturated heterocycles. The van der Waals surface area contributed by atoms with E-state index in [1.54, 1.807) is 0 Å². The van der Waals surface area contributed by atoms with Gasteiger partial charge < -0.3 is 5.32 Å². The number of nitrogens with zero attached hydrogens (tertiary/aromatic N) is 2. The maximum Gasteiger partial charge on any atom is 0.143 e. The Morgan fingerprint density at radius 1 is 1.05 bits per heavy atom. The van der Waals surface area contributed by atoms with Crippen LogP contribution in [0.3, 0.4) is 0 Å². The number of anilines is 1. The van der Waals surface area contributed by atoms with Gasteiger partial charge >= 0.3 is 0 Å². The molecule has 0 atom stereocenters. The Balaban J connectivity index is 1.84. The van der Waals surface area contributed by atoms with Crippen molar-refractivity contribution < 1.29 is 0 Å². The molecule has 0 aliphatic heterocycles. The highest BCUT2D eigenvalue weighted by atomic mass is 127. The van der Waals surface area contributed by atoms with Crippen LogP contribution in [0.4, 0.5) is 5.82 Å². The molecule has 2 aliphatic rings. The van der Waals surface area contributed by atoms with Crippen LogP contribution in [0.5, 0.6) is 0 Å². The molecule has 3 nitrogen and oxygen atoms in total. The molecule has 1 aromatic rings. The second kappa shape index (κ2) is 6.16. The van der Waals surface area contributed by atoms with Crippen LogP contribution in [0.15, 0.2) is 0 Å². The molecule has 0 spiro atoms. The highest BCUT2D eigenvalue weighted by molar-refractivity contribution is 14.1. The minimum absolute atomic E-state index is 0.583. The van der Waals surface area contributed by atoms with Crippen LogP contribution in [0, 0.1) is 9.49 Å². The summed E-state index contributed by atoms with van der Waals surface area (Å²) in [6.07, 6.45) is 9.18. The first-order valence-electron chi connectivity index (χ1n) is 7.98. The van der Waals surface area contributed by atoms with E-state index in [2.05, 4.69) is 34.8 Å². The minimum atomic E-state index is 0.583. The first-order valence-corrected chi connectivity index (χ1v) is 9.05. The first kappa shape index (κ1) is 14.5. The van der Waals surface area contributed by atoms with Crippen LogP contribution in [-0.2, 0) is 0 Å². The molecule has 2 aliphatic carbocycles. The molecule has 0 bridgehead atoms. The lowest BCUT2D eigenvalue weighted by atomic mass is 9.80. The third-order valence-corrected chi connectivity index (χ3v) is 5.95. The van der Waals surface area contributed by atoms with E-state index in [-0.39, 0.29) is 0 Å². The number of nitrogens with one attached hydrogen (secondary N) is 1. The van der Waals surface area contributed by atoms with Gasteiger partial charge in [-0.1, -0.05) is 13.3 Å². The van der Waals surface area contributed by atoms with Gasteiger partial charge in [-0.25, -0.2) is 9.97 Å². The quantitative estimate of drug-likeness (QED) is 0.765. The predicted molar refractivity (Wildman–Crippen MR) is 91.3 cm³/mol. The normalized spacial score (nSPS) is 26.6. The molecule has 0 amide bonds. The largest absolute Gasteiger partial charge is 0.372 e. The number of aromatic nitrogens is 2. The van der Waals surface area contributed by atoms with Crippen LogP contribution < -0.4 is 5.32 Å². The zero-order valence-electron chi connectivity index (χ0n) is 12.5. The maximum absolute atomic E-state index is 4.96. The summed E-state index contributed by atoms with van der Waals surface area (Å²) in [5.74, 6) is 4.35. The predicted octanol–water partition coefficient (Wildman–Crippen LogP) is 4.68. The topological polar surface area (TPSA) is 37.8 Å². The lowest BCUT2D eigenvalue weighted by molar-refractivity contribution is 0.312. The van der Waals surface area contributed by atoms with Gasteiger partial charge in [0.25, 0.3) is 0 Å². The van der Waals surface area contributed by atoms with E-state index in [0.717, 1.165) is 17.6 Å². The van der Waals surface area contributed by atoms with Gasteiger partial charge in [-0.3, -0.25) is 0 Å². The zero-order valence-corrected chi connectivity index (χ0v) is 14.6. The molecule has 110 valence electrons. The second-order valence-electron chi connectivity index (χ2n) is 6.28. The van der Waals surface area contributed by atoms with Crippen LogP contribution in [0.25, 0.3) is 0 Å². The Kier molecular flexibility index (Phi) is 4.48. The lowest BCUT2D eigenvalue weighted by Gasteiger charge is -2.27. The molecular formula is C16H24IN3. The van der Waals surface area contributed by atoms with E-state index in [0.29, 0.717) is 11.8 Å². The first-order chi connectivity index (χ1) is 9.72. The minimum Gasteiger partial charge on any atom is -0.372 e. The SMILES string of the molecule is CCC1CCC(c2nc(NC)c(I)c(C3CC3)n2)CC1.